The average molecular weight is 264 g/mol. The Bertz CT molecular complexity index is 546. The molecule has 0 bridgehead atoms. The van der Waals surface area contributed by atoms with Gasteiger partial charge in [0.1, 0.15) is 0 Å². The molecule has 6 nitrogen and oxygen atoms in total. The van der Waals surface area contributed by atoms with Crippen molar-refractivity contribution in [3.8, 4) is 11.8 Å². The van der Waals surface area contributed by atoms with Crippen molar-refractivity contribution in [1.29, 1.82) is 0 Å². The Hall–Kier alpha value is -1.98. The fourth-order valence-corrected chi connectivity index (χ4v) is 2.24. The number of rotatable bonds is 4. The summed E-state index contributed by atoms with van der Waals surface area (Å²) in [6.07, 6.45) is 0.440. The molecular weight excluding hydrogens is 244 g/mol. The van der Waals surface area contributed by atoms with Crippen LogP contribution in [0.5, 0.6) is 11.8 Å². The zero-order chi connectivity index (χ0) is 14.2. The summed E-state index contributed by atoms with van der Waals surface area (Å²) in [6, 6.07) is 0. The predicted octanol–water partition coefficient (Wildman–Crippen LogP) is 1.74. The van der Waals surface area contributed by atoms with Crippen molar-refractivity contribution in [3.63, 3.8) is 0 Å². The zero-order valence-corrected chi connectivity index (χ0v) is 11.8. The van der Waals surface area contributed by atoms with Gasteiger partial charge in [0, 0.05) is 30.6 Å². The first kappa shape index (κ1) is 13.5. The smallest absolute Gasteiger partial charge is 0.213 e. The first-order valence-corrected chi connectivity index (χ1v) is 6.50. The third-order valence-electron chi connectivity index (χ3n) is 3.40. The van der Waals surface area contributed by atoms with E-state index >= 15 is 0 Å². The normalized spacial score (nSPS) is 11.2. The highest BCUT2D eigenvalue weighted by Crippen LogP contribution is 2.29. The van der Waals surface area contributed by atoms with E-state index in [1.165, 1.54) is 0 Å². The molecule has 0 aliphatic carbocycles. The van der Waals surface area contributed by atoms with Gasteiger partial charge in [-0.2, -0.15) is 10.2 Å². The van der Waals surface area contributed by atoms with Gasteiger partial charge in [-0.3, -0.25) is 0 Å². The van der Waals surface area contributed by atoms with Gasteiger partial charge in [0.25, 0.3) is 0 Å². The van der Waals surface area contributed by atoms with E-state index in [4.69, 9.17) is 0 Å². The van der Waals surface area contributed by atoms with Crippen LogP contribution in [0.3, 0.4) is 0 Å². The van der Waals surface area contributed by atoms with Crippen molar-refractivity contribution < 1.29 is 10.2 Å². The second kappa shape index (κ2) is 4.95. The van der Waals surface area contributed by atoms with Crippen molar-refractivity contribution >= 4 is 0 Å². The Kier molecular flexibility index (Phi) is 3.50. The molecule has 2 aromatic heterocycles. The third kappa shape index (κ3) is 2.18. The Morgan fingerprint density at radius 3 is 1.47 bits per heavy atom. The van der Waals surface area contributed by atoms with Crippen LogP contribution >= 0.6 is 0 Å². The van der Waals surface area contributed by atoms with Gasteiger partial charge in [0.05, 0.1) is 11.4 Å². The van der Waals surface area contributed by atoms with Crippen LogP contribution in [-0.2, 0) is 19.5 Å². The molecular formula is C13H20N4O2. The van der Waals surface area contributed by atoms with Crippen LogP contribution in [-0.4, -0.2) is 29.8 Å². The molecule has 2 N–H and O–H groups in total. The van der Waals surface area contributed by atoms with E-state index in [1.54, 1.807) is 9.36 Å². The molecule has 19 heavy (non-hydrogen) atoms. The molecule has 0 saturated carbocycles. The Balaban J connectivity index is 2.42. The predicted molar refractivity (Wildman–Crippen MR) is 71.4 cm³/mol. The van der Waals surface area contributed by atoms with Crippen molar-refractivity contribution in [3.05, 3.63) is 22.5 Å². The van der Waals surface area contributed by atoms with E-state index in [2.05, 4.69) is 10.2 Å². The molecule has 0 fully saturated rings. The molecule has 0 aromatic carbocycles. The molecule has 0 unspecified atom stereocenters. The number of aromatic hydroxyl groups is 2. The second-order valence-corrected chi connectivity index (χ2v) is 4.58. The maximum atomic E-state index is 10.1. The maximum Gasteiger partial charge on any atom is 0.213 e. The summed E-state index contributed by atoms with van der Waals surface area (Å²) >= 11 is 0. The first-order valence-electron chi connectivity index (χ1n) is 6.50. The topological polar surface area (TPSA) is 76.1 Å². The highest BCUT2D eigenvalue weighted by atomic mass is 16.3. The van der Waals surface area contributed by atoms with Crippen molar-refractivity contribution in [2.75, 3.05) is 0 Å². The van der Waals surface area contributed by atoms with Gasteiger partial charge in [0.2, 0.25) is 11.8 Å². The Labute approximate surface area is 112 Å². The summed E-state index contributed by atoms with van der Waals surface area (Å²) in [5.74, 6) is 0.339. The largest absolute Gasteiger partial charge is 0.493 e. The van der Waals surface area contributed by atoms with Crippen LogP contribution < -0.4 is 0 Å². The molecule has 2 aromatic rings. The van der Waals surface area contributed by atoms with Gasteiger partial charge in [-0.15, -0.1) is 0 Å². The van der Waals surface area contributed by atoms with E-state index < -0.39 is 0 Å². The number of aromatic nitrogens is 4. The van der Waals surface area contributed by atoms with E-state index in [-0.39, 0.29) is 11.8 Å². The third-order valence-corrected chi connectivity index (χ3v) is 3.40. The van der Waals surface area contributed by atoms with E-state index in [9.17, 15) is 10.2 Å². The van der Waals surface area contributed by atoms with Crippen LogP contribution in [0.1, 0.15) is 36.4 Å². The van der Waals surface area contributed by atoms with Gasteiger partial charge in [0.15, 0.2) is 0 Å². The summed E-state index contributed by atoms with van der Waals surface area (Å²) < 4.78 is 3.11. The number of aryl methyl sites for hydroxylation is 4. The average Bonchev–Trinajstić information content (AvgIpc) is 2.82. The maximum absolute atomic E-state index is 10.1. The van der Waals surface area contributed by atoms with Gasteiger partial charge in [-0.1, -0.05) is 0 Å². The number of hydrogen-bond donors (Lipinski definition) is 2. The quantitative estimate of drug-likeness (QED) is 0.882. The highest BCUT2D eigenvalue weighted by Gasteiger charge is 2.19. The molecule has 0 radical (unpaired) electrons. The lowest BCUT2D eigenvalue weighted by Gasteiger charge is -2.02. The van der Waals surface area contributed by atoms with Crippen LogP contribution in [0.15, 0.2) is 0 Å². The summed E-state index contributed by atoms with van der Waals surface area (Å²) in [5, 5.41) is 28.8. The fourth-order valence-electron chi connectivity index (χ4n) is 2.24. The number of nitrogens with zero attached hydrogens (tertiary/aromatic N) is 4. The Morgan fingerprint density at radius 2 is 1.21 bits per heavy atom. The monoisotopic (exact) mass is 264 g/mol. The molecule has 2 heterocycles. The van der Waals surface area contributed by atoms with E-state index in [1.807, 2.05) is 27.7 Å². The van der Waals surface area contributed by atoms with Gasteiger partial charge >= 0.3 is 0 Å². The lowest BCUT2D eigenvalue weighted by atomic mass is 10.1. The highest BCUT2D eigenvalue weighted by molar-refractivity contribution is 5.40. The van der Waals surface area contributed by atoms with Gasteiger partial charge in [-0.25, -0.2) is 9.36 Å². The molecule has 0 aliphatic heterocycles. The molecule has 0 aliphatic rings. The molecule has 0 atom stereocenters. The molecule has 2 rings (SSSR count). The molecule has 104 valence electrons. The van der Waals surface area contributed by atoms with Gasteiger partial charge in [-0.05, 0) is 27.7 Å². The van der Waals surface area contributed by atoms with E-state index in [0.29, 0.717) is 19.5 Å². The summed E-state index contributed by atoms with van der Waals surface area (Å²) in [6.45, 7) is 8.80. The van der Waals surface area contributed by atoms with Crippen molar-refractivity contribution in [2.45, 2.75) is 47.2 Å². The van der Waals surface area contributed by atoms with Crippen LogP contribution in [0, 0.1) is 13.8 Å². The van der Waals surface area contributed by atoms with Crippen molar-refractivity contribution in [1.82, 2.24) is 19.6 Å². The SMILES string of the molecule is CCn1nc(C)c(Cc2c(C)nn(CC)c2O)c1O. The molecule has 0 amide bonds. The van der Waals surface area contributed by atoms with Crippen LogP contribution in [0.25, 0.3) is 0 Å². The van der Waals surface area contributed by atoms with Crippen molar-refractivity contribution in [2.24, 2.45) is 0 Å². The lowest BCUT2D eigenvalue weighted by Crippen LogP contribution is -1.96. The molecule has 0 saturated heterocycles. The van der Waals surface area contributed by atoms with Crippen LogP contribution in [0.4, 0.5) is 0 Å². The summed E-state index contributed by atoms with van der Waals surface area (Å²) in [5.41, 5.74) is 3.05. The van der Waals surface area contributed by atoms with Gasteiger partial charge < -0.3 is 10.2 Å². The second-order valence-electron chi connectivity index (χ2n) is 4.58. The lowest BCUT2D eigenvalue weighted by molar-refractivity contribution is 0.396. The minimum Gasteiger partial charge on any atom is -0.493 e. The summed E-state index contributed by atoms with van der Waals surface area (Å²) in [7, 11) is 0. The summed E-state index contributed by atoms with van der Waals surface area (Å²) in [4.78, 5) is 0. The zero-order valence-electron chi connectivity index (χ0n) is 11.8. The minimum absolute atomic E-state index is 0.169. The minimum atomic E-state index is 0.169. The Morgan fingerprint density at radius 1 is 0.842 bits per heavy atom. The van der Waals surface area contributed by atoms with E-state index in [0.717, 1.165) is 22.5 Å². The number of hydrogen-bond acceptors (Lipinski definition) is 4. The fraction of sp³-hybridized carbons (Fsp3) is 0.538. The first-order chi connectivity index (χ1) is 8.99. The van der Waals surface area contributed by atoms with Crippen LogP contribution in [0.2, 0.25) is 0 Å². The standard InChI is InChI=1S/C13H20N4O2/c1-5-16-12(18)10(8(3)14-16)7-11-9(4)15-17(6-2)13(11)19/h18-19H,5-7H2,1-4H3. The molecule has 6 heteroatoms. The molecule has 0 spiro atoms.